The van der Waals surface area contributed by atoms with E-state index in [0.717, 1.165) is 5.69 Å². The Labute approximate surface area is 132 Å². The molecule has 1 aliphatic rings. The van der Waals surface area contributed by atoms with Crippen LogP contribution in [0.25, 0.3) is 0 Å². The van der Waals surface area contributed by atoms with Crippen molar-refractivity contribution in [2.75, 3.05) is 19.5 Å². The molecule has 0 saturated heterocycles. The van der Waals surface area contributed by atoms with Crippen LogP contribution in [0.15, 0.2) is 18.2 Å². The highest BCUT2D eigenvalue weighted by atomic mass is 32.1. The fourth-order valence-corrected chi connectivity index (χ4v) is 3.05. The van der Waals surface area contributed by atoms with Crippen molar-refractivity contribution in [2.24, 2.45) is 5.92 Å². The monoisotopic (exact) mass is 308 g/mol. The van der Waals surface area contributed by atoms with Crippen LogP contribution < -0.4 is 20.1 Å². The third-order valence-electron chi connectivity index (χ3n) is 4.07. The molecule has 1 saturated carbocycles. The summed E-state index contributed by atoms with van der Waals surface area (Å²) < 4.78 is 10.5. The number of benzene rings is 1. The maximum absolute atomic E-state index is 5.42. The van der Waals surface area contributed by atoms with Crippen LogP contribution in [0, 0.1) is 5.92 Å². The molecule has 2 rings (SSSR count). The van der Waals surface area contributed by atoms with Crippen molar-refractivity contribution in [3.63, 3.8) is 0 Å². The number of ether oxygens (including phenoxy) is 2. The Morgan fingerprint density at radius 2 is 1.86 bits per heavy atom. The van der Waals surface area contributed by atoms with E-state index in [9.17, 15) is 0 Å². The number of thiocarbonyl (C=S) groups is 1. The van der Waals surface area contributed by atoms with Gasteiger partial charge in [-0.3, -0.25) is 0 Å². The molecule has 0 aliphatic heterocycles. The average Bonchev–Trinajstić information content (AvgIpc) is 2.49. The summed E-state index contributed by atoms with van der Waals surface area (Å²) in [4.78, 5) is 0. The zero-order valence-electron chi connectivity index (χ0n) is 12.9. The number of methoxy groups -OCH3 is 2. The van der Waals surface area contributed by atoms with Crippen molar-refractivity contribution in [3.8, 4) is 11.5 Å². The summed E-state index contributed by atoms with van der Waals surface area (Å²) in [5.74, 6) is 2.07. The fraction of sp³-hybridized carbons (Fsp3) is 0.562. The standard InChI is InChI=1S/C16H24N2O2S/c1-11-6-4-5-7-13(11)18-16(21)17-12-8-9-14(19-2)15(10-12)20-3/h8-11,13H,4-7H2,1-3H3,(H2,17,18,21)/t11-,13+/m1/s1. The molecule has 1 fully saturated rings. The lowest BCUT2D eigenvalue weighted by atomic mass is 9.86. The SMILES string of the molecule is COc1ccc(NC(=S)N[C@H]2CCCC[C@H]2C)cc1OC. The van der Waals surface area contributed by atoms with E-state index in [2.05, 4.69) is 17.6 Å². The predicted octanol–water partition coefficient (Wildman–Crippen LogP) is 3.57. The summed E-state index contributed by atoms with van der Waals surface area (Å²) in [5.41, 5.74) is 0.897. The van der Waals surface area contributed by atoms with Crippen molar-refractivity contribution in [3.05, 3.63) is 18.2 Å². The van der Waals surface area contributed by atoms with E-state index in [4.69, 9.17) is 21.7 Å². The van der Waals surface area contributed by atoms with Crippen molar-refractivity contribution in [1.29, 1.82) is 0 Å². The lowest BCUT2D eigenvalue weighted by Gasteiger charge is -2.30. The molecule has 1 aromatic carbocycles. The number of hydrogen-bond donors (Lipinski definition) is 2. The Bertz CT molecular complexity index is 493. The van der Waals surface area contributed by atoms with Crippen molar-refractivity contribution in [2.45, 2.75) is 38.6 Å². The average molecular weight is 308 g/mol. The zero-order valence-corrected chi connectivity index (χ0v) is 13.8. The molecule has 1 aromatic rings. The predicted molar refractivity (Wildman–Crippen MR) is 90.3 cm³/mol. The first kappa shape index (κ1) is 15.9. The van der Waals surface area contributed by atoms with E-state index in [1.54, 1.807) is 14.2 Å². The van der Waals surface area contributed by atoms with E-state index in [1.165, 1.54) is 25.7 Å². The summed E-state index contributed by atoms with van der Waals surface area (Å²) in [6.45, 7) is 2.29. The van der Waals surface area contributed by atoms with Gasteiger partial charge in [0.1, 0.15) is 0 Å². The van der Waals surface area contributed by atoms with Crippen LogP contribution >= 0.6 is 12.2 Å². The molecule has 0 amide bonds. The molecular weight excluding hydrogens is 284 g/mol. The van der Waals surface area contributed by atoms with E-state index >= 15 is 0 Å². The molecule has 0 aromatic heterocycles. The molecule has 5 heteroatoms. The fourth-order valence-electron chi connectivity index (χ4n) is 2.78. The number of hydrogen-bond acceptors (Lipinski definition) is 3. The minimum Gasteiger partial charge on any atom is -0.493 e. The van der Waals surface area contributed by atoms with Gasteiger partial charge in [-0.15, -0.1) is 0 Å². The Kier molecular flexibility index (Phi) is 5.67. The summed E-state index contributed by atoms with van der Waals surface area (Å²) in [5, 5.41) is 7.32. The van der Waals surface area contributed by atoms with Gasteiger partial charge in [-0.05, 0) is 43.1 Å². The molecule has 0 bridgehead atoms. The van der Waals surface area contributed by atoms with Crippen LogP contribution in [-0.2, 0) is 0 Å². The zero-order chi connectivity index (χ0) is 15.2. The maximum Gasteiger partial charge on any atom is 0.171 e. The number of anilines is 1. The number of rotatable bonds is 4. The summed E-state index contributed by atoms with van der Waals surface area (Å²) in [7, 11) is 3.25. The normalized spacial score (nSPS) is 21.5. The Morgan fingerprint density at radius 1 is 1.14 bits per heavy atom. The second kappa shape index (κ2) is 7.50. The highest BCUT2D eigenvalue weighted by Crippen LogP contribution is 2.30. The first-order valence-electron chi connectivity index (χ1n) is 7.43. The van der Waals surface area contributed by atoms with Gasteiger partial charge in [0.25, 0.3) is 0 Å². The summed E-state index contributed by atoms with van der Waals surface area (Å²) in [6, 6.07) is 6.16. The van der Waals surface area contributed by atoms with Gasteiger partial charge >= 0.3 is 0 Å². The van der Waals surface area contributed by atoms with E-state index in [0.29, 0.717) is 28.6 Å². The van der Waals surface area contributed by atoms with E-state index in [-0.39, 0.29) is 0 Å². The van der Waals surface area contributed by atoms with Crippen LogP contribution in [-0.4, -0.2) is 25.4 Å². The molecule has 0 heterocycles. The van der Waals surface area contributed by atoms with Gasteiger partial charge in [-0.1, -0.05) is 19.8 Å². The van der Waals surface area contributed by atoms with E-state index in [1.807, 2.05) is 18.2 Å². The van der Waals surface area contributed by atoms with Gasteiger partial charge in [0.05, 0.1) is 14.2 Å². The maximum atomic E-state index is 5.42. The topological polar surface area (TPSA) is 42.5 Å². The van der Waals surface area contributed by atoms with E-state index < -0.39 is 0 Å². The van der Waals surface area contributed by atoms with Crippen LogP contribution in [0.2, 0.25) is 0 Å². The molecule has 2 atom stereocenters. The van der Waals surface area contributed by atoms with Gasteiger partial charge in [0.2, 0.25) is 0 Å². The second-order valence-corrected chi connectivity index (χ2v) is 5.94. The van der Waals surface area contributed by atoms with Crippen LogP contribution in [0.5, 0.6) is 11.5 Å². The molecule has 21 heavy (non-hydrogen) atoms. The molecular formula is C16H24N2O2S. The van der Waals surface area contributed by atoms with Gasteiger partial charge in [-0.2, -0.15) is 0 Å². The Hall–Kier alpha value is -1.49. The quantitative estimate of drug-likeness (QED) is 0.832. The third-order valence-corrected chi connectivity index (χ3v) is 4.29. The van der Waals surface area contributed by atoms with Crippen molar-refractivity contribution < 1.29 is 9.47 Å². The molecule has 1 aliphatic carbocycles. The number of nitrogens with one attached hydrogen (secondary N) is 2. The molecule has 0 unspecified atom stereocenters. The molecule has 0 spiro atoms. The van der Waals surface area contributed by atoms with Crippen LogP contribution in [0.1, 0.15) is 32.6 Å². The molecule has 2 N–H and O–H groups in total. The molecule has 116 valence electrons. The first-order valence-corrected chi connectivity index (χ1v) is 7.84. The van der Waals surface area contributed by atoms with Gasteiger partial charge in [0, 0.05) is 17.8 Å². The molecule has 4 nitrogen and oxygen atoms in total. The highest BCUT2D eigenvalue weighted by molar-refractivity contribution is 7.80. The van der Waals surface area contributed by atoms with Gasteiger partial charge in [-0.25, -0.2) is 0 Å². The van der Waals surface area contributed by atoms with Gasteiger partial charge in [0.15, 0.2) is 16.6 Å². The largest absolute Gasteiger partial charge is 0.493 e. The smallest absolute Gasteiger partial charge is 0.171 e. The van der Waals surface area contributed by atoms with Crippen LogP contribution in [0.3, 0.4) is 0 Å². The summed E-state index contributed by atoms with van der Waals surface area (Å²) >= 11 is 5.42. The third kappa shape index (κ3) is 4.24. The lowest BCUT2D eigenvalue weighted by Crippen LogP contribution is -2.43. The highest BCUT2D eigenvalue weighted by Gasteiger charge is 2.21. The Balaban J connectivity index is 1.96. The van der Waals surface area contributed by atoms with Gasteiger partial charge < -0.3 is 20.1 Å². The minimum absolute atomic E-state index is 0.471. The minimum atomic E-state index is 0.471. The Morgan fingerprint density at radius 3 is 2.52 bits per heavy atom. The first-order chi connectivity index (χ1) is 10.1. The van der Waals surface area contributed by atoms with Crippen LogP contribution in [0.4, 0.5) is 5.69 Å². The summed E-state index contributed by atoms with van der Waals surface area (Å²) in [6.07, 6.45) is 5.07. The molecule has 0 radical (unpaired) electrons. The second-order valence-electron chi connectivity index (χ2n) is 5.54. The van der Waals surface area contributed by atoms with Crippen molar-refractivity contribution >= 4 is 23.0 Å². The lowest BCUT2D eigenvalue weighted by molar-refractivity contribution is 0.309. The van der Waals surface area contributed by atoms with Crippen molar-refractivity contribution in [1.82, 2.24) is 5.32 Å².